The molecule has 0 radical (unpaired) electrons. The van der Waals surface area contributed by atoms with Gasteiger partial charge in [0.2, 0.25) is 0 Å². The quantitative estimate of drug-likeness (QED) is 0.396. The summed E-state index contributed by atoms with van der Waals surface area (Å²) in [5, 5.41) is 3.53. The molecule has 0 aliphatic heterocycles. The minimum Gasteiger partial charge on any atom is -0.690 e. The zero-order chi connectivity index (χ0) is 10.9. The molecule has 0 fully saturated rings. The molecule has 2 nitrogen and oxygen atoms in total. The van der Waals surface area contributed by atoms with Crippen LogP contribution in [-0.2, 0) is 4.74 Å². The summed E-state index contributed by atoms with van der Waals surface area (Å²) in [4.78, 5) is 0. The van der Waals surface area contributed by atoms with E-state index in [1.54, 1.807) is 6.92 Å². The molecule has 5 heteroatoms. The molecule has 0 aromatic rings. The van der Waals surface area contributed by atoms with Gasteiger partial charge in [0.15, 0.2) is 0 Å². The molecular weight excluding hydrogens is 215 g/mol. The van der Waals surface area contributed by atoms with Gasteiger partial charge in [0.05, 0.1) is 0 Å². The monoisotopic (exact) mass is 231 g/mol. The van der Waals surface area contributed by atoms with Crippen molar-refractivity contribution in [3.05, 3.63) is 29.4 Å². The third-order valence-corrected chi connectivity index (χ3v) is 0.883. The van der Waals surface area contributed by atoms with E-state index in [4.69, 9.17) is 0 Å². The summed E-state index contributed by atoms with van der Waals surface area (Å²) in [6, 6.07) is 0. The van der Waals surface area contributed by atoms with Gasteiger partial charge in [-0.25, -0.2) is 0 Å². The molecule has 0 saturated heterocycles. The summed E-state index contributed by atoms with van der Waals surface area (Å²) in [5.41, 5.74) is 0.427. The number of hydrogen-bond acceptors (Lipinski definition) is 1. The molecule has 0 heterocycles. The molecule has 0 amide bonds. The molecule has 0 aliphatic rings. The summed E-state index contributed by atoms with van der Waals surface area (Å²) in [5.74, 6) is 0.0162. The van der Waals surface area contributed by atoms with E-state index < -0.39 is 6.61 Å². The van der Waals surface area contributed by atoms with E-state index >= 15 is 0 Å². The van der Waals surface area contributed by atoms with Gasteiger partial charge in [-0.1, -0.05) is 20.4 Å². The van der Waals surface area contributed by atoms with Gasteiger partial charge in [-0.3, -0.25) is 0 Å². The van der Waals surface area contributed by atoms with E-state index in [-0.39, 0.29) is 57.1 Å². The Morgan fingerprint density at radius 3 is 2.07 bits per heavy atom. The van der Waals surface area contributed by atoms with Gasteiger partial charge >= 0.3 is 58.0 Å². The summed E-state index contributed by atoms with van der Waals surface area (Å²) in [6.07, 6.45) is 1.20. The second kappa shape index (κ2) is 13.6. The fourth-order valence-electron chi connectivity index (χ4n) is 0.454. The van der Waals surface area contributed by atoms with Crippen molar-refractivity contribution >= 4 is 0 Å². The van der Waals surface area contributed by atoms with E-state index in [0.29, 0.717) is 5.57 Å². The van der Waals surface area contributed by atoms with Crippen LogP contribution in [0.15, 0.2) is 24.1 Å². The molecule has 78 valence electrons. The molecule has 0 unspecified atom stereocenters. The number of ether oxygens (including phenoxy) is 1. The molecule has 0 atom stereocenters. The van der Waals surface area contributed by atoms with Gasteiger partial charge in [-0.05, 0) is 12.5 Å². The van der Waals surface area contributed by atoms with Crippen LogP contribution in [0, 0.1) is 0 Å². The molecule has 0 N–H and O–H groups in total. The fourth-order valence-corrected chi connectivity index (χ4v) is 0.454. The number of allylic oxidation sites excluding steroid dienone is 1. The molecule has 0 rings (SSSR count). The van der Waals surface area contributed by atoms with Crippen molar-refractivity contribution in [2.75, 3.05) is 7.05 Å². The van der Waals surface area contributed by atoms with Crippen molar-refractivity contribution in [2.24, 2.45) is 0 Å². The van der Waals surface area contributed by atoms with E-state index in [1.807, 2.05) is 13.8 Å². The Bertz CT molecular complexity index is 172. The fraction of sp³-hybridized carbons (Fsp3) is 0.556. The second-order valence-corrected chi connectivity index (χ2v) is 1.91. The van der Waals surface area contributed by atoms with Gasteiger partial charge in [-0.15, -0.1) is 13.2 Å². The maximum absolute atomic E-state index is 11.6. The average molecular weight is 231 g/mol. The number of nitrogens with zero attached hydrogens (tertiary/aromatic N) is 1. The van der Waals surface area contributed by atoms with E-state index in [0.717, 1.165) is 0 Å². The summed E-state index contributed by atoms with van der Waals surface area (Å²) < 4.78 is 27.3. The SMILES string of the molecule is C=C(C)/C(=C/[N-]C)OC(F)F.CC.[K+]. The first-order chi connectivity index (χ1) is 6.07. The van der Waals surface area contributed by atoms with E-state index in [2.05, 4.69) is 16.6 Å². The van der Waals surface area contributed by atoms with Crippen LogP contribution in [0.3, 0.4) is 0 Å². The summed E-state index contributed by atoms with van der Waals surface area (Å²) >= 11 is 0. The van der Waals surface area contributed by atoms with Gasteiger partial charge < -0.3 is 10.1 Å². The maximum Gasteiger partial charge on any atom is 1.00 e. The molecule has 0 bridgehead atoms. The number of rotatable bonds is 4. The minimum absolute atomic E-state index is 0. The van der Waals surface area contributed by atoms with Crippen molar-refractivity contribution in [3.63, 3.8) is 0 Å². The zero-order valence-electron chi connectivity index (χ0n) is 9.47. The number of hydrogen-bond donors (Lipinski definition) is 0. The molecule has 0 aliphatic carbocycles. The van der Waals surface area contributed by atoms with Crippen LogP contribution < -0.4 is 51.4 Å². The van der Waals surface area contributed by atoms with Crippen LogP contribution in [-0.4, -0.2) is 13.7 Å². The molecule has 0 spiro atoms. The van der Waals surface area contributed by atoms with Gasteiger partial charge in [-0.2, -0.15) is 8.78 Å². The van der Waals surface area contributed by atoms with E-state index in [1.165, 1.54) is 13.2 Å². The standard InChI is InChI=1S/C7H10F2NO.C2H6.K/c1-5(2)6(4-10-3)11-7(8)9;1-2;/h4,7H,1H2,2-3H3;1-2H3;/q-1;;+1/b6-4-;;. The topological polar surface area (TPSA) is 23.3 Å². The van der Waals surface area contributed by atoms with Crippen molar-refractivity contribution in [3.8, 4) is 0 Å². The van der Waals surface area contributed by atoms with Crippen molar-refractivity contribution < 1.29 is 64.9 Å². The second-order valence-electron chi connectivity index (χ2n) is 1.91. The average Bonchev–Trinajstić information content (AvgIpc) is 2.06. The first-order valence-electron chi connectivity index (χ1n) is 3.97. The normalized spacial score (nSPS) is 9.50. The van der Waals surface area contributed by atoms with Crippen molar-refractivity contribution in [2.45, 2.75) is 27.4 Å². The Labute approximate surface area is 127 Å². The molecular formula is C9H16F2KNO. The molecule has 0 aromatic carbocycles. The van der Waals surface area contributed by atoms with Crippen LogP contribution in [0.5, 0.6) is 0 Å². The van der Waals surface area contributed by atoms with Crippen LogP contribution in [0.1, 0.15) is 20.8 Å². The smallest absolute Gasteiger partial charge is 0.690 e. The molecule has 0 saturated carbocycles. The Hall–Kier alpha value is 0.576. The predicted molar refractivity (Wildman–Crippen MR) is 50.6 cm³/mol. The van der Waals surface area contributed by atoms with E-state index in [9.17, 15) is 8.78 Å². The van der Waals surface area contributed by atoms with Crippen LogP contribution in [0.2, 0.25) is 0 Å². The number of halogens is 2. The Kier molecular flexibility index (Phi) is 19.4. The summed E-state index contributed by atoms with van der Waals surface area (Å²) in [7, 11) is 1.47. The third-order valence-electron chi connectivity index (χ3n) is 0.883. The van der Waals surface area contributed by atoms with Crippen molar-refractivity contribution in [1.82, 2.24) is 0 Å². The summed E-state index contributed by atoms with van der Waals surface area (Å²) in [6.45, 7) is 6.19. The van der Waals surface area contributed by atoms with Crippen LogP contribution >= 0.6 is 0 Å². The van der Waals surface area contributed by atoms with Gasteiger partial charge in [0.1, 0.15) is 5.76 Å². The Morgan fingerprint density at radius 1 is 1.43 bits per heavy atom. The Balaban J connectivity index is -0.000000376. The largest absolute Gasteiger partial charge is 1.00 e. The van der Waals surface area contributed by atoms with Crippen LogP contribution in [0.25, 0.3) is 5.32 Å². The Morgan fingerprint density at radius 2 is 1.86 bits per heavy atom. The predicted octanol–water partition coefficient (Wildman–Crippen LogP) is 0.677. The van der Waals surface area contributed by atoms with Crippen LogP contribution in [0.4, 0.5) is 8.78 Å². The number of alkyl halides is 2. The minimum atomic E-state index is -2.82. The first-order valence-corrected chi connectivity index (χ1v) is 3.97. The maximum atomic E-state index is 11.6. The third kappa shape index (κ3) is 12.6. The molecule has 0 aromatic heterocycles. The molecule has 14 heavy (non-hydrogen) atoms. The zero-order valence-corrected chi connectivity index (χ0v) is 12.6. The van der Waals surface area contributed by atoms with Crippen molar-refractivity contribution in [1.29, 1.82) is 0 Å². The van der Waals surface area contributed by atoms with Gasteiger partial charge in [0, 0.05) is 0 Å². The first kappa shape index (κ1) is 20.0. The van der Waals surface area contributed by atoms with Gasteiger partial charge in [0.25, 0.3) is 0 Å².